The third-order valence-electron chi connectivity index (χ3n) is 3.33. The number of benzene rings is 1. The summed E-state index contributed by atoms with van der Waals surface area (Å²) in [5.74, 6) is 0.780. The molecule has 1 aliphatic carbocycles. The van der Waals surface area contributed by atoms with E-state index in [1.165, 1.54) is 12.1 Å². The number of nitrogen functional groups attached to an aromatic ring is 1. The van der Waals surface area contributed by atoms with Crippen LogP contribution in [-0.2, 0) is 0 Å². The van der Waals surface area contributed by atoms with Crippen LogP contribution in [0.1, 0.15) is 30.0 Å². The zero-order chi connectivity index (χ0) is 13.6. The molecular weight excluding hydrogens is 246 g/mol. The fourth-order valence-corrected chi connectivity index (χ4v) is 2.16. The second-order valence-electron chi connectivity index (χ2n) is 4.77. The van der Waals surface area contributed by atoms with Crippen LogP contribution in [0.25, 0.3) is 5.69 Å². The largest absolute Gasteiger partial charge is 0.381 e. The molecule has 0 radical (unpaired) electrons. The van der Waals surface area contributed by atoms with Crippen LogP contribution >= 0.6 is 0 Å². The molecule has 3 rings (SSSR count). The predicted octanol–water partition coefficient (Wildman–Crippen LogP) is 1.94. The normalized spacial score (nSPS) is 14.6. The highest BCUT2D eigenvalue weighted by Crippen LogP contribution is 2.43. The second-order valence-corrected chi connectivity index (χ2v) is 4.77. The number of nitrogens with zero attached hydrogens (tertiary/aromatic N) is 4. The van der Waals surface area contributed by atoms with Gasteiger partial charge in [-0.3, -0.25) is 10.1 Å². The standard InChI is InChI=1S/C12H13N5O2/c1-7-2-5-9(17(18)19)6-10(7)16-11(8-3-4-8)12(13)14-15-16/h2,5-6,8H,3-4,13H2,1H3. The minimum atomic E-state index is -0.417. The molecule has 0 aliphatic heterocycles. The molecule has 2 N–H and O–H groups in total. The molecule has 1 saturated carbocycles. The number of hydrogen-bond acceptors (Lipinski definition) is 5. The number of aryl methyl sites for hydroxylation is 1. The summed E-state index contributed by atoms with van der Waals surface area (Å²) in [6.07, 6.45) is 2.12. The van der Waals surface area contributed by atoms with Crippen LogP contribution in [0.5, 0.6) is 0 Å². The van der Waals surface area contributed by atoms with Crippen molar-refractivity contribution < 1.29 is 4.92 Å². The van der Waals surface area contributed by atoms with E-state index in [1.807, 2.05) is 6.92 Å². The average molecular weight is 259 g/mol. The van der Waals surface area contributed by atoms with E-state index in [9.17, 15) is 10.1 Å². The molecule has 98 valence electrons. The fourth-order valence-electron chi connectivity index (χ4n) is 2.16. The Morgan fingerprint density at radius 3 is 2.84 bits per heavy atom. The molecule has 1 aromatic carbocycles. The smallest absolute Gasteiger partial charge is 0.271 e. The van der Waals surface area contributed by atoms with Crippen molar-refractivity contribution in [1.29, 1.82) is 0 Å². The minimum absolute atomic E-state index is 0.0384. The first-order valence-corrected chi connectivity index (χ1v) is 6.04. The van der Waals surface area contributed by atoms with Crippen molar-refractivity contribution in [2.75, 3.05) is 5.73 Å². The summed E-state index contributed by atoms with van der Waals surface area (Å²) in [5, 5.41) is 18.8. The highest BCUT2D eigenvalue weighted by Gasteiger charge is 2.31. The van der Waals surface area contributed by atoms with Gasteiger partial charge in [-0.1, -0.05) is 11.3 Å². The number of non-ortho nitro benzene ring substituents is 1. The lowest BCUT2D eigenvalue weighted by Gasteiger charge is -2.08. The first kappa shape index (κ1) is 11.6. The van der Waals surface area contributed by atoms with Crippen LogP contribution < -0.4 is 5.73 Å². The van der Waals surface area contributed by atoms with Gasteiger partial charge in [0.15, 0.2) is 5.82 Å². The zero-order valence-electron chi connectivity index (χ0n) is 10.4. The Morgan fingerprint density at radius 2 is 2.21 bits per heavy atom. The first-order chi connectivity index (χ1) is 9.08. The maximum atomic E-state index is 10.9. The highest BCUT2D eigenvalue weighted by atomic mass is 16.6. The molecule has 0 amide bonds. The molecule has 19 heavy (non-hydrogen) atoms. The number of aromatic nitrogens is 3. The van der Waals surface area contributed by atoms with E-state index >= 15 is 0 Å². The molecule has 0 unspecified atom stereocenters. The Kier molecular flexibility index (Phi) is 2.48. The summed E-state index contributed by atoms with van der Waals surface area (Å²) in [6.45, 7) is 1.88. The molecule has 0 atom stereocenters. The summed E-state index contributed by atoms with van der Waals surface area (Å²) in [6, 6.07) is 4.70. The Balaban J connectivity index is 2.16. The van der Waals surface area contributed by atoms with Crippen molar-refractivity contribution in [1.82, 2.24) is 15.0 Å². The van der Waals surface area contributed by atoms with E-state index in [0.29, 0.717) is 17.4 Å². The fraction of sp³-hybridized carbons (Fsp3) is 0.333. The Hall–Kier alpha value is -2.44. The second kappa shape index (κ2) is 4.04. The maximum absolute atomic E-state index is 10.9. The number of nitro groups is 1. The van der Waals surface area contributed by atoms with Gasteiger partial charge in [0.05, 0.1) is 16.3 Å². The van der Waals surface area contributed by atoms with Crippen molar-refractivity contribution in [3.8, 4) is 5.69 Å². The molecule has 1 fully saturated rings. The highest BCUT2D eigenvalue weighted by molar-refractivity contribution is 5.52. The average Bonchev–Trinajstić information content (AvgIpc) is 3.13. The number of nitro benzene ring substituents is 1. The molecule has 0 bridgehead atoms. The van der Waals surface area contributed by atoms with Crippen molar-refractivity contribution in [2.24, 2.45) is 0 Å². The van der Waals surface area contributed by atoms with Crippen molar-refractivity contribution in [3.63, 3.8) is 0 Å². The number of anilines is 1. The first-order valence-electron chi connectivity index (χ1n) is 6.04. The predicted molar refractivity (Wildman–Crippen MR) is 69.1 cm³/mol. The number of hydrogen-bond donors (Lipinski definition) is 1. The summed E-state index contributed by atoms with van der Waals surface area (Å²) in [7, 11) is 0. The molecule has 0 saturated heterocycles. The van der Waals surface area contributed by atoms with Crippen LogP contribution in [0, 0.1) is 17.0 Å². The molecule has 0 spiro atoms. The lowest BCUT2D eigenvalue weighted by molar-refractivity contribution is -0.384. The van der Waals surface area contributed by atoms with Gasteiger partial charge in [0.25, 0.3) is 5.69 Å². The van der Waals surface area contributed by atoms with E-state index < -0.39 is 4.92 Å². The van der Waals surface area contributed by atoms with Crippen LogP contribution in [0.15, 0.2) is 18.2 Å². The van der Waals surface area contributed by atoms with E-state index in [2.05, 4.69) is 10.3 Å². The Morgan fingerprint density at radius 1 is 1.47 bits per heavy atom. The van der Waals surface area contributed by atoms with Crippen molar-refractivity contribution in [3.05, 3.63) is 39.6 Å². The molecule has 1 aliphatic rings. The van der Waals surface area contributed by atoms with E-state index in [-0.39, 0.29) is 5.69 Å². The Labute approximate surface area is 109 Å². The molecule has 1 heterocycles. The molecule has 7 nitrogen and oxygen atoms in total. The summed E-state index contributed by atoms with van der Waals surface area (Å²) < 4.78 is 1.63. The zero-order valence-corrected chi connectivity index (χ0v) is 10.4. The molecular formula is C12H13N5O2. The van der Waals surface area contributed by atoms with Gasteiger partial charge in [-0.05, 0) is 25.3 Å². The third kappa shape index (κ3) is 1.92. The SMILES string of the molecule is Cc1ccc([N+](=O)[O-])cc1-n1nnc(N)c1C1CC1. The summed E-state index contributed by atoms with van der Waals surface area (Å²) in [5.41, 5.74) is 8.31. The van der Waals surface area contributed by atoms with E-state index in [1.54, 1.807) is 10.7 Å². The summed E-state index contributed by atoms with van der Waals surface area (Å²) in [4.78, 5) is 10.5. The topological polar surface area (TPSA) is 99.9 Å². The molecule has 7 heteroatoms. The number of nitrogens with two attached hydrogens (primary N) is 1. The van der Waals surface area contributed by atoms with Crippen LogP contribution in [0.2, 0.25) is 0 Å². The van der Waals surface area contributed by atoms with Gasteiger partial charge in [0.2, 0.25) is 0 Å². The maximum Gasteiger partial charge on any atom is 0.271 e. The third-order valence-corrected chi connectivity index (χ3v) is 3.33. The van der Waals surface area contributed by atoms with Gasteiger partial charge in [0.1, 0.15) is 0 Å². The van der Waals surface area contributed by atoms with Gasteiger partial charge in [0, 0.05) is 18.1 Å². The molecule has 1 aromatic heterocycles. The quantitative estimate of drug-likeness (QED) is 0.670. The van der Waals surface area contributed by atoms with Crippen LogP contribution in [0.4, 0.5) is 11.5 Å². The van der Waals surface area contributed by atoms with Gasteiger partial charge < -0.3 is 5.73 Å². The lowest BCUT2D eigenvalue weighted by atomic mass is 10.1. The summed E-state index contributed by atoms with van der Waals surface area (Å²) >= 11 is 0. The monoisotopic (exact) mass is 259 g/mol. The van der Waals surface area contributed by atoms with Crippen LogP contribution in [0.3, 0.4) is 0 Å². The van der Waals surface area contributed by atoms with E-state index in [4.69, 9.17) is 5.73 Å². The molecule has 2 aromatic rings. The Bertz CT molecular complexity index is 660. The van der Waals surface area contributed by atoms with Gasteiger partial charge in [-0.2, -0.15) is 0 Å². The van der Waals surface area contributed by atoms with Gasteiger partial charge in [-0.15, -0.1) is 5.10 Å². The number of rotatable bonds is 3. The van der Waals surface area contributed by atoms with Gasteiger partial charge in [-0.25, -0.2) is 4.68 Å². The van der Waals surface area contributed by atoms with Crippen molar-refractivity contribution in [2.45, 2.75) is 25.7 Å². The van der Waals surface area contributed by atoms with Crippen molar-refractivity contribution >= 4 is 11.5 Å². The van der Waals surface area contributed by atoms with Gasteiger partial charge >= 0.3 is 0 Å². The van der Waals surface area contributed by atoms with E-state index in [0.717, 1.165) is 24.1 Å². The minimum Gasteiger partial charge on any atom is -0.381 e. The van der Waals surface area contributed by atoms with Crippen LogP contribution in [-0.4, -0.2) is 19.9 Å². The lowest BCUT2D eigenvalue weighted by Crippen LogP contribution is -2.05.